The summed E-state index contributed by atoms with van der Waals surface area (Å²) in [5.41, 5.74) is 7.45. The summed E-state index contributed by atoms with van der Waals surface area (Å²) in [5.74, 6) is 3.53. The van der Waals surface area contributed by atoms with E-state index in [1.54, 1.807) is 5.56 Å². The minimum absolute atomic E-state index is 0.0647. The van der Waals surface area contributed by atoms with E-state index in [-0.39, 0.29) is 16.8 Å². The molecule has 37 heavy (non-hydrogen) atoms. The summed E-state index contributed by atoms with van der Waals surface area (Å²) < 4.78 is 11.8. The van der Waals surface area contributed by atoms with Crippen molar-refractivity contribution in [3.63, 3.8) is 0 Å². The molecule has 0 saturated heterocycles. The second-order valence-corrected chi connectivity index (χ2v) is 15.8. The smallest absolute Gasteiger partial charge is 0.337 e. The highest BCUT2D eigenvalue weighted by Crippen LogP contribution is 2.63. The number of esters is 1. The second kappa shape index (κ2) is 9.76. The van der Waals surface area contributed by atoms with Crippen LogP contribution < -0.4 is 4.43 Å². The number of allylic oxidation sites excluding steroid dienone is 1. The molecule has 198 valence electrons. The van der Waals surface area contributed by atoms with Gasteiger partial charge in [-0.15, -0.1) is 0 Å². The quantitative estimate of drug-likeness (QED) is 0.221. The Labute approximate surface area is 225 Å². The van der Waals surface area contributed by atoms with Crippen molar-refractivity contribution in [1.82, 2.24) is 0 Å². The summed E-state index contributed by atoms with van der Waals surface area (Å²) in [6.07, 6.45) is 10.6. The van der Waals surface area contributed by atoms with Crippen LogP contribution in [0.2, 0.25) is 13.1 Å². The molecule has 4 saturated carbocycles. The summed E-state index contributed by atoms with van der Waals surface area (Å²) >= 11 is 0. The molecule has 0 aliphatic heterocycles. The van der Waals surface area contributed by atoms with Crippen molar-refractivity contribution in [3.05, 3.63) is 64.2 Å². The van der Waals surface area contributed by atoms with Gasteiger partial charge >= 0.3 is 5.97 Å². The van der Waals surface area contributed by atoms with E-state index in [0.29, 0.717) is 5.56 Å². The molecular weight excluding hydrogens is 472 g/mol. The Morgan fingerprint density at radius 3 is 2.00 bits per heavy atom. The van der Waals surface area contributed by atoms with Gasteiger partial charge in [0, 0.05) is 16.5 Å². The maximum Gasteiger partial charge on any atom is 0.337 e. The molecule has 4 aliphatic carbocycles. The average molecular weight is 517 g/mol. The van der Waals surface area contributed by atoms with Crippen LogP contribution in [0.5, 0.6) is 5.75 Å². The third kappa shape index (κ3) is 5.06. The standard InChI is InChI=1S/C33H44O3Si/c1-21(14-22-8-10-26(11-9-22)31(34)35-5)27-12-13-28(32(2,3)4)29(30(27)36-37(6)7)33-18-23-15-24(19-33)17-25(16-23)20-33/h8-14,23-25,37H,15-20H2,1-7H3. The maximum atomic E-state index is 11.9. The van der Waals surface area contributed by atoms with Gasteiger partial charge in [-0.05, 0) is 111 Å². The van der Waals surface area contributed by atoms with E-state index in [2.05, 4.69) is 59.0 Å². The summed E-state index contributed by atoms with van der Waals surface area (Å²) in [4.78, 5) is 11.9. The highest BCUT2D eigenvalue weighted by molar-refractivity contribution is 6.49. The normalized spacial score (nSPS) is 27.0. The summed E-state index contributed by atoms with van der Waals surface area (Å²) in [6.45, 7) is 13.9. The van der Waals surface area contributed by atoms with Crippen LogP contribution in [-0.4, -0.2) is 22.1 Å². The lowest BCUT2D eigenvalue weighted by atomic mass is 9.47. The lowest BCUT2D eigenvalue weighted by Gasteiger charge is -2.58. The highest BCUT2D eigenvalue weighted by Gasteiger charge is 2.54. The zero-order valence-corrected chi connectivity index (χ0v) is 25.0. The predicted octanol–water partition coefficient (Wildman–Crippen LogP) is 8.16. The molecule has 2 aromatic rings. The number of hydrogen-bond acceptors (Lipinski definition) is 3. The van der Waals surface area contributed by atoms with Crippen LogP contribution in [0.3, 0.4) is 0 Å². The Kier molecular flexibility index (Phi) is 6.93. The van der Waals surface area contributed by atoms with Gasteiger partial charge in [0.15, 0.2) is 0 Å². The van der Waals surface area contributed by atoms with E-state index < -0.39 is 9.04 Å². The average Bonchev–Trinajstić information content (AvgIpc) is 2.81. The molecule has 0 heterocycles. The van der Waals surface area contributed by atoms with Gasteiger partial charge in [0.2, 0.25) is 9.04 Å². The van der Waals surface area contributed by atoms with Gasteiger partial charge in [-0.25, -0.2) is 4.79 Å². The van der Waals surface area contributed by atoms with Crippen molar-refractivity contribution < 1.29 is 14.0 Å². The molecule has 2 aromatic carbocycles. The van der Waals surface area contributed by atoms with Gasteiger partial charge in [0.1, 0.15) is 5.75 Å². The van der Waals surface area contributed by atoms with Gasteiger partial charge in [-0.2, -0.15) is 0 Å². The molecule has 6 rings (SSSR count). The predicted molar refractivity (Wildman–Crippen MR) is 156 cm³/mol. The first kappa shape index (κ1) is 26.3. The fraction of sp³-hybridized carbons (Fsp3) is 0.545. The first-order valence-electron chi connectivity index (χ1n) is 14.2. The van der Waals surface area contributed by atoms with E-state index in [4.69, 9.17) is 9.16 Å². The van der Waals surface area contributed by atoms with Crippen LogP contribution in [0.1, 0.15) is 98.8 Å². The molecule has 0 unspecified atom stereocenters. The number of benzene rings is 2. The molecule has 0 aromatic heterocycles. The SMILES string of the molecule is COC(=O)c1ccc(C=C(C)c2ccc(C(C)(C)C)c(C34CC5CC(CC(C5)C3)C4)c2O[SiH](C)C)cc1. The van der Waals surface area contributed by atoms with Crippen molar-refractivity contribution in [2.24, 2.45) is 17.8 Å². The van der Waals surface area contributed by atoms with E-state index in [9.17, 15) is 4.79 Å². The Morgan fingerprint density at radius 1 is 0.946 bits per heavy atom. The van der Waals surface area contributed by atoms with E-state index in [0.717, 1.165) is 23.3 Å². The number of ether oxygens (including phenoxy) is 1. The Hall–Kier alpha value is -2.33. The van der Waals surface area contributed by atoms with Crippen molar-refractivity contribution in [2.45, 2.75) is 90.1 Å². The zero-order chi connectivity index (χ0) is 26.5. The Morgan fingerprint density at radius 2 is 1.51 bits per heavy atom. The van der Waals surface area contributed by atoms with Gasteiger partial charge in [-0.1, -0.05) is 51.1 Å². The second-order valence-electron chi connectivity index (χ2n) is 13.4. The number of carbonyl (C=O) groups is 1. The van der Waals surface area contributed by atoms with E-state index in [1.165, 1.54) is 68.1 Å². The van der Waals surface area contributed by atoms with Crippen molar-refractivity contribution >= 4 is 26.7 Å². The van der Waals surface area contributed by atoms with Crippen LogP contribution in [0.4, 0.5) is 0 Å². The van der Waals surface area contributed by atoms with Crippen LogP contribution in [0.15, 0.2) is 36.4 Å². The lowest BCUT2D eigenvalue weighted by molar-refractivity contribution is -0.00659. The largest absolute Gasteiger partial charge is 0.546 e. The number of carbonyl (C=O) groups excluding carboxylic acids is 1. The van der Waals surface area contributed by atoms with Crippen LogP contribution in [-0.2, 0) is 15.6 Å². The van der Waals surface area contributed by atoms with E-state index in [1.807, 2.05) is 24.3 Å². The number of hydrogen-bond donors (Lipinski definition) is 0. The van der Waals surface area contributed by atoms with Crippen molar-refractivity contribution in [3.8, 4) is 5.75 Å². The van der Waals surface area contributed by atoms with Gasteiger partial charge < -0.3 is 9.16 Å². The molecule has 4 aliphatic rings. The van der Waals surface area contributed by atoms with Crippen LogP contribution >= 0.6 is 0 Å². The molecule has 0 amide bonds. The monoisotopic (exact) mass is 516 g/mol. The molecule has 4 bridgehead atoms. The summed E-state index contributed by atoms with van der Waals surface area (Å²) in [6, 6.07) is 12.4. The molecule has 4 fully saturated rings. The Bertz CT molecular complexity index is 1160. The molecule has 0 spiro atoms. The summed E-state index contributed by atoms with van der Waals surface area (Å²) in [7, 11) is 0.0665. The van der Waals surface area contributed by atoms with Gasteiger partial charge in [0.05, 0.1) is 12.7 Å². The fourth-order valence-corrected chi connectivity index (χ4v) is 8.70. The molecule has 0 N–H and O–H groups in total. The minimum atomic E-state index is -1.35. The third-order valence-corrected chi connectivity index (χ3v) is 9.73. The third-order valence-electron chi connectivity index (χ3n) is 9.03. The molecule has 3 nitrogen and oxygen atoms in total. The molecular formula is C33H44O3Si. The Balaban J connectivity index is 1.65. The minimum Gasteiger partial charge on any atom is -0.546 e. The highest BCUT2D eigenvalue weighted by atomic mass is 28.3. The number of methoxy groups -OCH3 is 1. The first-order valence-corrected chi connectivity index (χ1v) is 17.0. The maximum absolute atomic E-state index is 11.9. The van der Waals surface area contributed by atoms with Crippen molar-refractivity contribution in [2.75, 3.05) is 7.11 Å². The zero-order valence-electron chi connectivity index (χ0n) is 23.8. The van der Waals surface area contributed by atoms with Crippen LogP contribution in [0.25, 0.3) is 11.6 Å². The number of rotatable bonds is 6. The van der Waals surface area contributed by atoms with Crippen LogP contribution in [0, 0.1) is 17.8 Å². The lowest BCUT2D eigenvalue weighted by Crippen LogP contribution is -2.49. The van der Waals surface area contributed by atoms with Crippen molar-refractivity contribution in [1.29, 1.82) is 0 Å². The van der Waals surface area contributed by atoms with Gasteiger partial charge in [0.25, 0.3) is 0 Å². The fourth-order valence-electron chi connectivity index (χ4n) is 7.98. The topological polar surface area (TPSA) is 35.5 Å². The summed E-state index contributed by atoms with van der Waals surface area (Å²) in [5, 5.41) is 0. The van der Waals surface area contributed by atoms with E-state index >= 15 is 0 Å². The first-order chi connectivity index (χ1) is 17.5. The van der Waals surface area contributed by atoms with Gasteiger partial charge in [-0.3, -0.25) is 0 Å². The molecule has 0 atom stereocenters. The molecule has 4 heteroatoms. The molecule has 0 radical (unpaired) electrons.